The van der Waals surface area contributed by atoms with Crippen molar-refractivity contribution in [2.24, 2.45) is 11.8 Å². The van der Waals surface area contributed by atoms with Crippen LogP contribution in [0.25, 0.3) is 0 Å². The molecular weight excluding hydrogens is 374 g/mol. The van der Waals surface area contributed by atoms with Crippen molar-refractivity contribution in [3.63, 3.8) is 0 Å². The maximum absolute atomic E-state index is 12.1. The first-order valence-corrected chi connectivity index (χ1v) is 9.10. The molecule has 1 aliphatic carbocycles. The largest absolute Gasteiger partial charge is 0.550 e. The summed E-state index contributed by atoms with van der Waals surface area (Å²) < 4.78 is 0. The average molecular weight is 395 g/mol. The Morgan fingerprint density at radius 1 is 0.963 bits per heavy atom. The summed E-state index contributed by atoms with van der Waals surface area (Å²) in [5.74, 6) is -4.34. The summed E-state index contributed by atoms with van der Waals surface area (Å²) in [6, 6.07) is 6.71. The Morgan fingerprint density at radius 2 is 1.59 bits per heavy atom. The number of hydrogen-bond acceptors (Lipinski definition) is 5. The van der Waals surface area contributed by atoms with Crippen LogP contribution in [0.5, 0.6) is 0 Å². The number of carbonyl (C=O) groups is 4. The molecule has 1 aromatic carbocycles. The van der Waals surface area contributed by atoms with Gasteiger partial charge in [0, 0.05) is 30.6 Å². The summed E-state index contributed by atoms with van der Waals surface area (Å²) in [6.45, 7) is 0. The van der Waals surface area contributed by atoms with Crippen molar-refractivity contribution in [1.82, 2.24) is 10.9 Å². The SMILES string of the molecule is O=C(CCC(=O)Nc1ccccc1Cl)NNC(=O)[C@@H]1CCCC[C@@H]1C(=O)[O-]. The lowest BCUT2D eigenvalue weighted by atomic mass is 9.79. The molecule has 0 aromatic heterocycles. The lowest BCUT2D eigenvalue weighted by molar-refractivity contribution is -0.314. The Balaban J connectivity index is 1.74. The van der Waals surface area contributed by atoms with Crippen molar-refractivity contribution in [2.45, 2.75) is 38.5 Å². The minimum absolute atomic E-state index is 0.0992. The van der Waals surface area contributed by atoms with Gasteiger partial charge in [0.2, 0.25) is 17.7 Å². The van der Waals surface area contributed by atoms with Gasteiger partial charge in [-0.1, -0.05) is 36.6 Å². The highest BCUT2D eigenvalue weighted by Crippen LogP contribution is 2.29. The fourth-order valence-electron chi connectivity index (χ4n) is 3.02. The van der Waals surface area contributed by atoms with Gasteiger partial charge in [0.25, 0.3) is 0 Å². The second-order valence-electron chi connectivity index (χ2n) is 6.38. The predicted molar refractivity (Wildman–Crippen MR) is 96.1 cm³/mol. The van der Waals surface area contributed by atoms with Crippen LogP contribution in [0.1, 0.15) is 38.5 Å². The van der Waals surface area contributed by atoms with Crippen LogP contribution in [-0.2, 0) is 19.2 Å². The van der Waals surface area contributed by atoms with Gasteiger partial charge in [-0.2, -0.15) is 0 Å². The van der Waals surface area contributed by atoms with Gasteiger partial charge in [0.05, 0.1) is 10.7 Å². The highest BCUT2D eigenvalue weighted by atomic mass is 35.5. The summed E-state index contributed by atoms with van der Waals surface area (Å²) in [7, 11) is 0. The molecule has 1 aromatic rings. The van der Waals surface area contributed by atoms with E-state index in [9.17, 15) is 24.3 Å². The molecule has 1 saturated carbocycles. The van der Waals surface area contributed by atoms with E-state index in [-0.39, 0.29) is 12.8 Å². The normalized spacial score (nSPS) is 19.0. The molecule has 27 heavy (non-hydrogen) atoms. The second-order valence-corrected chi connectivity index (χ2v) is 6.79. The lowest BCUT2D eigenvalue weighted by Crippen LogP contribution is -2.49. The molecular formula is C18H21ClN3O5-. The van der Waals surface area contributed by atoms with Crippen LogP contribution in [0.4, 0.5) is 5.69 Å². The van der Waals surface area contributed by atoms with Crippen LogP contribution >= 0.6 is 11.6 Å². The van der Waals surface area contributed by atoms with Gasteiger partial charge in [0.15, 0.2) is 0 Å². The number of nitrogens with one attached hydrogen (secondary N) is 3. The Bertz CT molecular complexity index is 725. The molecule has 0 radical (unpaired) electrons. The molecule has 2 rings (SSSR count). The Morgan fingerprint density at radius 3 is 2.26 bits per heavy atom. The maximum Gasteiger partial charge on any atom is 0.242 e. The highest BCUT2D eigenvalue weighted by molar-refractivity contribution is 6.33. The van der Waals surface area contributed by atoms with Crippen molar-refractivity contribution in [2.75, 3.05) is 5.32 Å². The number of aliphatic carboxylic acids is 1. The summed E-state index contributed by atoms with van der Waals surface area (Å²) in [5, 5.41) is 14.1. The van der Waals surface area contributed by atoms with Crippen LogP contribution in [-0.4, -0.2) is 23.7 Å². The van der Waals surface area contributed by atoms with E-state index in [1.54, 1.807) is 24.3 Å². The fourth-order valence-corrected chi connectivity index (χ4v) is 3.20. The van der Waals surface area contributed by atoms with Gasteiger partial charge in [-0.05, 0) is 25.0 Å². The van der Waals surface area contributed by atoms with Crippen molar-refractivity contribution >= 4 is 41.0 Å². The number of benzene rings is 1. The lowest BCUT2D eigenvalue weighted by Gasteiger charge is -2.31. The summed E-state index contributed by atoms with van der Waals surface area (Å²) in [5.41, 5.74) is 4.90. The zero-order chi connectivity index (χ0) is 19.8. The smallest absolute Gasteiger partial charge is 0.242 e. The van der Waals surface area contributed by atoms with Crippen LogP contribution in [0.15, 0.2) is 24.3 Å². The number of anilines is 1. The second kappa shape index (κ2) is 9.91. The van der Waals surface area contributed by atoms with E-state index in [0.29, 0.717) is 23.6 Å². The Labute approximate surface area is 161 Å². The topological polar surface area (TPSA) is 127 Å². The summed E-state index contributed by atoms with van der Waals surface area (Å²) in [4.78, 5) is 46.9. The molecule has 0 bridgehead atoms. The van der Waals surface area contributed by atoms with E-state index < -0.39 is 35.5 Å². The van der Waals surface area contributed by atoms with E-state index in [1.165, 1.54) is 0 Å². The monoisotopic (exact) mass is 394 g/mol. The van der Waals surface area contributed by atoms with E-state index in [1.807, 2.05) is 0 Å². The standard InChI is InChI=1S/C18H22ClN3O5/c19-13-7-3-4-8-14(13)20-15(23)9-10-16(24)21-22-17(25)11-5-1-2-6-12(11)18(26)27/h3-4,7-8,11-12H,1-2,5-6,9-10H2,(H,20,23)(H,21,24)(H,22,25)(H,26,27)/p-1/t11-,12+/m1/s1. The number of hydrogen-bond donors (Lipinski definition) is 3. The molecule has 3 amide bonds. The van der Waals surface area contributed by atoms with Crippen molar-refractivity contribution in [3.8, 4) is 0 Å². The molecule has 0 heterocycles. The van der Waals surface area contributed by atoms with Gasteiger partial charge in [-0.15, -0.1) is 0 Å². The molecule has 0 saturated heterocycles. The molecule has 1 aliphatic rings. The van der Waals surface area contributed by atoms with Gasteiger partial charge in [-0.25, -0.2) is 0 Å². The number of carbonyl (C=O) groups excluding carboxylic acids is 4. The third-order valence-electron chi connectivity index (χ3n) is 4.46. The van der Waals surface area contributed by atoms with Crippen LogP contribution < -0.4 is 21.3 Å². The molecule has 3 N–H and O–H groups in total. The van der Waals surface area contributed by atoms with Gasteiger partial charge in [-0.3, -0.25) is 25.2 Å². The van der Waals surface area contributed by atoms with Crippen molar-refractivity contribution in [1.29, 1.82) is 0 Å². The quantitative estimate of drug-likeness (QED) is 0.614. The predicted octanol–water partition coefficient (Wildman–Crippen LogP) is 0.762. The Hall–Kier alpha value is -2.61. The molecule has 146 valence electrons. The zero-order valence-electron chi connectivity index (χ0n) is 14.6. The number of carboxylic acid groups (broad SMARTS) is 1. The van der Waals surface area contributed by atoms with E-state index in [4.69, 9.17) is 11.6 Å². The molecule has 0 unspecified atom stereocenters. The summed E-state index contributed by atoms with van der Waals surface area (Å²) in [6.07, 6.45) is 2.05. The third kappa shape index (κ3) is 6.25. The van der Waals surface area contributed by atoms with Gasteiger partial charge < -0.3 is 15.2 Å². The minimum atomic E-state index is -1.25. The molecule has 2 atom stereocenters. The van der Waals surface area contributed by atoms with E-state index in [0.717, 1.165) is 12.8 Å². The van der Waals surface area contributed by atoms with Gasteiger partial charge in [0.1, 0.15) is 0 Å². The number of para-hydroxylation sites is 1. The first kappa shape index (κ1) is 20.7. The molecule has 8 nitrogen and oxygen atoms in total. The number of carboxylic acids is 1. The zero-order valence-corrected chi connectivity index (χ0v) is 15.4. The highest BCUT2D eigenvalue weighted by Gasteiger charge is 2.31. The first-order valence-electron chi connectivity index (χ1n) is 8.72. The fraction of sp³-hybridized carbons (Fsp3) is 0.444. The van der Waals surface area contributed by atoms with E-state index in [2.05, 4.69) is 16.2 Å². The molecule has 0 spiro atoms. The van der Waals surface area contributed by atoms with Crippen molar-refractivity contribution < 1.29 is 24.3 Å². The molecule has 1 fully saturated rings. The number of halogens is 1. The average Bonchev–Trinajstić information content (AvgIpc) is 2.66. The summed E-state index contributed by atoms with van der Waals surface area (Å²) >= 11 is 5.94. The van der Waals surface area contributed by atoms with Gasteiger partial charge >= 0.3 is 0 Å². The van der Waals surface area contributed by atoms with Crippen LogP contribution in [0, 0.1) is 11.8 Å². The van der Waals surface area contributed by atoms with Crippen LogP contribution in [0.3, 0.4) is 0 Å². The van der Waals surface area contributed by atoms with Crippen LogP contribution in [0.2, 0.25) is 5.02 Å². The minimum Gasteiger partial charge on any atom is -0.550 e. The van der Waals surface area contributed by atoms with E-state index >= 15 is 0 Å². The number of hydrazine groups is 1. The Kier molecular flexibility index (Phi) is 7.60. The number of rotatable bonds is 6. The molecule has 9 heteroatoms. The number of amides is 3. The van der Waals surface area contributed by atoms with Crippen molar-refractivity contribution in [3.05, 3.63) is 29.3 Å². The molecule has 0 aliphatic heterocycles. The maximum atomic E-state index is 12.1. The first-order chi connectivity index (χ1) is 12.9. The third-order valence-corrected chi connectivity index (χ3v) is 4.79.